The molecule has 0 saturated heterocycles. The number of nitrogens with zero attached hydrogens (tertiary/aromatic N) is 4. The highest BCUT2D eigenvalue weighted by atomic mass is 32.1. The molecule has 10 N–H and O–H groups in total. The molecule has 27 nitrogen and oxygen atoms in total. The van der Waals surface area contributed by atoms with Crippen molar-refractivity contribution in [3.63, 3.8) is 0 Å². The summed E-state index contributed by atoms with van der Waals surface area (Å²) >= 11 is 1.10. The van der Waals surface area contributed by atoms with Crippen molar-refractivity contribution in [2.24, 2.45) is 34.8 Å². The van der Waals surface area contributed by atoms with Crippen molar-refractivity contribution < 1.29 is 72.1 Å². The van der Waals surface area contributed by atoms with Crippen molar-refractivity contribution in [3.05, 3.63) is 94.0 Å². The van der Waals surface area contributed by atoms with E-state index in [0.717, 1.165) is 21.8 Å². The highest BCUT2D eigenvalue weighted by molar-refractivity contribution is 7.09. The first-order valence-electron chi connectivity index (χ1n) is 33.3. The highest BCUT2D eigenvalue weighted by Crippen LogP contribution is 2.33. The monoisotopic (exact) mass is 1370 g/mol. The van der Waals surface area contributed by atoms with E-state index in [1.54, 1.807) is 70.7 Å². The lowest BCUT2D eigenvalue weighted by Crippen LogP contribution is -2.59. The van der Waals surface area contributed by atoms with Crippen molar-refractivity contribution in [2.45, 2.75) is 196 Å². The van der Waals surface area contributed by atoms with Crippen molar-refractivity contribution >= 4 is 88.5 Å². The lowest BCUT2D eigenvalue weighted by atomic mass is 9.84. The summed E-state index contributed by atoms with van der Waals surface area (Å²) in [6, 6.07) is 9.46. The van der Waals surface area contributed by atoms with Gasteiger partial charge in [0.05, 0.1) is 5.41 Å². The highest BCUT2D eigenvalue weighted by Gasteiger charge is 2.41. The molecule has 3 aromatic rings. The summed E-state index contributed by atoms with van der Waals surface area (Å²) in [5.41, 5.74) is 5.85. The second-order valence-electron chi connectivity index (χ2n) is 26.2. The number of aromatic nitrogens is 1. The maximum absolute atomic E-state index is 15.2. The van der Waals surface area contributed by atoms with Crippen LogP contribution in [0.5, 0.6) is 0 Å². The van der Waals surface area contributed by atoms with Crippen molar-refractivity contribution in [3.8, 4) is 0 Å². The minimum atomic E-state index is -1.17. The topological polar surface area (TPSA) is 376 Å². The Labute approximate surface area is 573 Å². The molecule has 2 aromatic carbocycles. The van der Waals surface area contributed by atoms with E-state index in [0.29, 0.717) is 49.8 Å². The Kier molecular flexibility index (Phi) is 32.6. The molecular weight excluding hydrogens is 1270 g/mol. The van der Waals surface area contributed by atoms with E-state index in [1.807, 2.05) is 65.0 Å². The molecule has 12 amide bonds. The summed E-state index contributed by atoms with van der Waals surface area (Å²) in [6.45, 7) is 20.0. The van der Waals surface area contributed by atoms with E-state index < -0.39 is 119 Å². The van der Waals surface area contributed by atoms with Crippen LogP contribution in [0.15, 0.2) is 72.1 Å². The van der Waals surface area contributed by atoms with Crippen LogP contribution in [0.3, 0.4) is 0 Å². The third kappa shape index (κ3) is 25.5. The molecule has 1 aromatic heterocycles. The van der Waals surface area contributed by atoms with Gasteiger partial charge in [-0.2, -0.15) is 0 Å². The SMILES string of the molecule is CCCN(C(=O)[C@@H](NC(=O)[C@@H](C(C)C)N(C)C(=O)OCc1ccc(NC(=O)[C@H](CCCNC(N)=O)NC(=O)[C@@H](NC(=O)CCCCCN2C(=O)C=CC2=O)C(C)C)cc1)[C@@H](C)CC)[C@H](C[C@@H](OC(=O)NC)c1nc(C(=O)N[C@@H](Cc2ccccc2)CC(C)(C)C(=O)O)cs1)C(C)C. The molecule has 534 valence electrons. The number of hydrogen-bond acceptors (Lipinski definition) is 16. The number of imide groups is 1. The minimum Gasteiger partial charge on any atom is -0.481 e. The Bertz CT molecular complexity index is 3180. The fourth-order valence-electron chi connectivity index (χ4n) is 11.1. The standard InChI is InChI=1S/C69H102N12O15S/c1-14-34-80(51(41(3)4)37-52(96-67(93)71-12)63-76-50(40-97-63)60(86)74-48(38-69(10,11)65(90)91)36-45-23-18-16-19-24-45)64(89)57(44(9)15-2)78-62(88)58(43(7)8)79(13)68(94)95-39-46-27-29-47(30-28-46)73-59(85)49(25-22-33-72-66(70)92)75-61(87)56(42(5)6)77-53(82)26-20-17-21-35-81-54(83)31-32-55(81)84/h16,18-19,23-24,27-32,40-44,48-49,51-52,56-58H,14-15,17,20-22,25-26,33-39H2,1-13H3,(H,71,93)(H,73,85)(H,74,86)(H,75,87)(H,77,82)(H,78,88)(H,90,91)(H3,70,72,92)/t44-,48-,49-,51+,52+,56-,57-,58+/m0/s1. The lowest BCUT2D eigenvalue weighted by molar-refractivity contribution is -0.147. The van der Waals surface area contributed by atoms with Crippen LogP contribution in [0.2, 0.25) is 0 Å². The number of hydrogen-bond donors (Lipinski definition) is 9. The van der Waals surface area contributed by atoms with E-state index in [-0.39, 0.29) is 92.7 Å². The summed E-state index contributed by atoms with van der Waals surface area (Å²) in [7, 11) is 2.83. The molecule has 0 aliphatic carbocycles. The Morgan fingerprint density at radius 1 is 0.763 bits per heavy atom. The van der Waals surface area contributed by atoms with Gasteiger partial charge < -0.3 is 62.4 Å². The molecule has 0 unspecified atom stereocenters. The first kappa shape index (κ1) is 80.5. The number of primary amides is 1. The second-order valence-corrected chi connectivity index (χ2v) is 27.1. The Balaban J connectivity index is 1.45. The van der Waals surface area contributed by atoms with E-state index in [9.17, 15) is 57.8 Å². The number of likely N-dealkylation sites (N-methyl/N-ethyl adjacent to an activating group) is 1. The van der Waals surface area contributed by atoms with Gasteiger partial charge in [0.2, 0.25) is 29.5 Å². The molecule has 0 fully saturated rings. The van der Waals surface area contributed by atoms with Gasteiger partial charge in [-0.1, -0.05) is 118 Å². The van der Waals surface area contributed by atoms with Crippen molar-refractivity contribution in [1.82, 2.24) is 51.6 Å². The van der Waals surface area contributed by atoms with Crippen LogP contribution < -0.4 is 43.0 Å². The zero-order valence-electron chi connectivity index (χ0n) is 58.3. The van der Waals surface area contributed by atoms with Crippen LogP contribution >= 0.6 is 11.3 Å². The van der Waals surface area contributed by atoms with Gasteiger partial charge in [-0.05, 0) is 106 Å². The number of urea groups is 1. The number of benzene rings is 2. The molecule has 0 bridgehead atoms. The van der Waals surface area contributed by atoms with Crippen molar-refractivity contribution in [1.29, 1.82) is 0 Å². The number of alkyl carbamates (subject to hydrolysis) is 1. The van der Waals surface area contributed by atoms with E-state index in [2.05, 4.69) is 42.2 Å². The van der Waals surface area contributed by atoms with E-state index >= 15 is 4.79 Å². The third-order valence-corrected chi connectivity index (χ3v) is 17.8. The van der Waals surface area contributed by atoms with Crippen molar-refractivity contribution in [2.75, 3.05) is 39.0 Å². The van der Waals surface area contributed by atoms with Crippen LogP contribution in [0.1, 0.15) is 173 Å². The average Bonchev–Trinajstić information content (AvgIpc) is 1.58. The quantitative estimate of drug-likeness (QED) is 0.0198. The number of carboxylic acid groups (broad SMARTS) is 1. The first-order chi connectivity index (χ1) is 45.8. The number of rotatable bonds is 40. The lowest BCUT2D eigenvalue weighted by Gasteiger charge is -2.40. The summed E-state index contributed by atoms with van der Waals surface area (Å²) in [5, 5.41) is 31.0. The van der Waals surface area contributed by atoms with Gasteiger partial charge in [0.15, 0.2) is 6.10 Å². The summed E-state index contributed by atoms with van der Waals surface area (Å²) in [4.78, 5) is 167. The smallest absolute Gasteiger partial charge is 0.410 e. The molecule has 2 heterocycles. The normalized spacial score (nSPS) is 14.7. The van der Waals surface area contributed by atoms with E-state index in [1.165, 1.54) is 36.5 Å². The number of nitrogens with two attached hydrogens (primary N) is 1. The molecule has 1 aliphatic heterocycles. The Hall–Kier alpha value is -8.95. The molecule has 1 aliphatic rings. The van der Waals surface area contributed by atoms with Gasteiger partial charge in [-0.25, -0.2) is 19.4 Å². The Morgan fingerprint density at radius 3 is 2.00 bits per heavy atom. The fraction of sp³-hybridized carbons (Fsp3) is 0.580. The summed E-state index contributed by atoms with van der Waals surface area (Å²) in [5.74, 6) is -6.42. The number of anilines is 1. The van der Waals surface area contributed by atoms with Crippen LogP contribution in [0, 0.1) is 29.1 Å². The number of aliphatic carboxylic acids is 1. The summed E-state index contributed by atoms with van der Waals surface area (Å²) < 4.78 is 11.7. The van der Waals surface area contributed by atoms with Gasteiger partial charge >= 0.3 is 24.2 Å². The second kappa shape index (κ2) is 39.3. The molecule has 4 rings (SSSR count). The van der Waals surface area contributed by atoms with Crippen LogP contribution in [-0.2, 0) is 60.9 Å². The molecule has 28 heteroatoms. The van der Waals surface area contributed by atoms with Gasteiger partial charge in [0.25, 0.3) is 17.7 Å². The zero-order chi connectivity index (χ0) is 72.3. The van der Waals surface area contributed by atoms with E-state index in [4.69, 9.17) is 15.2 Å². The maximum Gasteiger partial charge on any atom is 0.410 e. The number of unbranched alkanes of at least 4 members (excludes halogenated alkanes) is 2. The molecular formula is C69H102N12O15S. The number of ether oxygens (including phenoxy) is 2. The van der Waals surface area contributed by atoms with Gasteiger partial charge in [0.1, 0.15) is 41.5 Å². The first-order valence-corrected chi connectivity index (χ1v) is 34.2. The fourth-order valence-corrected chi connectivity index (χ4v) is 12.0. The molecule has 0 saturated carbocycles. The molecule has 8 atom stereocenters. The number of carboxylic acids is 1. The van der Waals surface area contributed by atoms with Crippen LogP contribution in [-0.4, -0.2) is 166 Å². The minimum absolute atomic E-state index is 0.0315. The average molecular weight is 1370 g/mol. The predicted octanol–water partition coefficient (Wildman–Crippen LogP) is 7.36. The number of carbonyl (C=O) groups is 12. The van der Waals surface area contributed by atoms with Gasteiger partial charge in [-0.15, -0.1) is 11.3 Å². The number of nitrogens with one attached hydrogen (secondary N) is 7. The largest absolute Gasteiger partial charge is 0.481 e. The van der Waals surface area contributed by atoms with Gasteiger partial charge in [0, 0.05) is 81.9 Å². The van der Waals surface area contributed by atoms with Crippen LogP contribution in [0.25, 0.3) is 0 Å². The zero-order valence-corrected chi connectivity index (χ0v) is 59.1. The summed E-state index contributed by atoms with van der Waals surface area (Å²) in [6.07, 6.45) is 3.18. The number of carbonyl (C=O) groups excluding carboxylic acids is 11. The predicted molar refractivity (Wildman–Crippen MR) is 366 cm³/mol. The molecule has 0 radical (unpaired) electrons. The maximum atomic E-state index is 15.2. The number of amides is 12. The van der Waals surface area contributed by atoms with Crippen LogP contribution in [0.4, 0.5) is 20.1 Å². The number of thiazole rings is 1. The third-order valence-electron chi connectivity index (χ3n) is 16.9. The van der Waals surface area contributed by atoms with Gasteiger partial charge in [-0.3, -0.25) is 53.0 Å². The molecule has 0 spiro atoms. The Morgan fingerprint density at radius 2 is 1.42 bits per heavy atom. The molecule has 97 heavy (non-hydrogen) atoms.